The van der Waals surface area contributed by atoms with Crippen LogP contribution in [0.15, 0.2) is 30.3 Å². The van der Waals surface area contributed by atoms with Gasteiger partial charge in [-0.3, -0.25) is 0 Å². The second-order valence-electron chi connectivity index (χ2n) is 4.64. The fourth-order valence-electron chi connectivity index (χ4n) is 2.19. The molecule has 2 nitrogen and oxygen atoms in total. The molecule has 0 saturated heterocycles. The van der Waals surface area contributed by atoms with E-state index < -0.39 is 0 Å². The van der Waals surface area contributed by atoms with Gasteiger partial charge in [-0.1, -0.05) is 30.3 Å². The highest BCUT2D eigenvalue weighted by molar-refractivity contribution is 5.16. The lowest BCUT2D eigenvalue weighted by atomic mass is 10.1. The number of rotatable bonds is 7. The van der Waals surface area contributed by atoms with Crippen LogP contribution in [0.1, 0.15) is 12.0 Å². The highest BCUT2D eigenvalue weighted by Gasteiger charge is 2.35. The zero-order valence-electron chi connectivity index (χ0n) is 9.99. The molecule has 2 rings (SSSR count). The summed E-state index contributed by atoms with van der Waals surface area (Å²) in [5.41, 5.74) is 1.48. The van der Waals surface area contributed by atoms with E-state index in [2.05, 4.69) is 35.6 Å². The molecule has 1 aliphatic rings. The molecule has 2 heteroatoms. The first-order chi connectivity index (χ1) is 7.90. The van der Waals surface area contributed by atoms with Gasteiger partial charge < -0.3 is 10.1 Å². The summed E-state index contributed by atoms with van der Waals surface area (Å²) in [6.45, 7) is 2.95. The lowest BCUT2D eigenvalue weighted by Gasteiger charge is -2.03. The minimum absolute atomic E-state index is 0.816. The smallest absolute Gasteiger partial charge is 0.0587 e. The number of ether oxygens (including phenoxy) is 1. The van der Waals surface area contributed by atoms with E-state index in [0.717, 1.165) is 31.5 Å². The third-order valence-corrected chi connectivity index (χ3v) is 3.30. The number of methoxy groups -OCH3 is 1. The molecule has 16 heavy (non-hydrogen) atoms. The molecule has 1 saturated carbocycles. The van der Waals surface area contributed by atoms with Gasteiger partial charge in [0.05, 0.1) is 6.61 Å². The van der Waals surface area contributed by atoms with Crippen LogP contribution >= 0.6 is 0 Å². The van der Waals surface area contributed by atoms with Gasteiger partial charge in [-0.25, -0.2) is 0 Å². The summed E-state index contributed by atoms with van der Waals surface area (Å²) in [5.74, 6) is 1.79. The molecule has 1 fully saturated rings. The van der Waals surface area contributed by atoms with Crippen molar-refractivity contribution in [2.45, 2.75) is 12.8 Å². The molecular weight excluding hydrogens is 198 g/mol. The van der Waals surface area contributed by atoms with Crippen LogP contribution in [0.2, 0.25) is 0 Å². The molecule has 0 bridgehead atoms. The van der Waals surface area contributed by atoms with E-state index in [9.17, 15) is 0 Å². The molecule has 2 unspecified atom stereocenters. The predicted octanol–water partition coefficient (Wildman–Crippen LogP) is 2.10. The molecule has 2 atom stereocenters. The first-order valence-electron chi connectivity index (χ1n) is 6.13. The van der Waals surface area contributed by atoms with E-state index in [-0.39, 0.29) is 0 Å². The fourth-order valence-corrected chi connectivity index (χ4v) is 2.19. The summed E-state index contributed by atoms with van der Waals surface area (Å²) >= 11 is 0. The van der Waals surface area contributed by atoms with Gasteiger partial charge in [0.2, 0.25) is 0 Å². The van der Waals surface area contributed by atoms with Crippen LogP contribution in [0.5, 0.6) is 0 Å². The Kier molecular flexibility index (Phi) is 4.37. The highest BCUT2D eigenvalue weighted by Crippen LogP contribution is 2.40. The Morgan fingerprint density at radius 1 is 1.25 bits per heavy atom. The molecular formula is C14H21NO. The quantitative estimate of drug-likeness (QED) is 0.709. The number of hydrogen-bond donors (Lipinski definition) is 1. The SMILES string of the molecule is COCCNCC1CC1Cc1ccccc1. The Bertz CT molecular complexity index is 299. The van der Waals surface area contributed by atoms with Crippen LogP contribution in [0.3, 0.4) is 0 Å². The van der Waals surface area contributed by atoms with E-state index in [1.54, 1.807) is 7.11 Å². The van der Waals surface area contributed by atoms with E-state index in [1.807, 2.05) is 0 Å². The van der Waals surface area contributed by atoms with Crippen LogP contribution in [0.4, 0.5) is 0 Å². The van der Waals surface area contributed by atoms with Crippen LogP contribution in [0, 0.1) is 11.8 Å². The molecule has 0 amide bonds. The van der Waals surface area contributed by atoms with Gasteiger partial charge in [0, 0.05) is 13.7 Å². The molecule has 1 N–H and O–H groups in total. The molecule has 0 heterocycles. The first kappa shape index (κ1) is 11.6. The minimum atomic E-state index is 0.816. The summed E-state index contributed by atoms with van der Waals surface area (Å²) in [7, 11) is 1.75. The van der Waals surface area contributed by atoms with E-state index in [4.69, 9.17) is 4.74 Å². The van der Waals surface area contributed by atoms with Crippen molar-refractivity contribution in [3.8, 4) is 0 Å². The van der Waals surface area contributed by atoms with E-state index in [1.165, 1.54) is 18.4 Å². The second kappa shape index (κ2) is 6.02. The normalized spacial score (nSPS) is 23.3. The van der Waals surface area contributed by atoms with Gasteiger partial charge >= 0.3 is 0 Å². The van der Waals surface area contributed by atoms with Gasteiger partial charge in [-0.2, -0.15) is 0 Å². The topological polar surface area (TPSA) is 21.3 Å². The van der Waals surface area contributed by atoms with Crippen molar-refractivity contribution in [1.82, 2.24) is 5.32 Å². The molecule has 1 aliphatic carbocycles. The minimum Gasteiger partial charge on any atom is -0.383 e. The molecule has 1 aromatic rings. The summed E-state index contributed by atoms with van der Waals surface area (Å²) in [6, 6.07) is 10.8. The Morgan fingerprint density at radius 3 is 2.81 bits per heavy atom. The standard InChI is InChI=1S/C14H21NO/c1-16-8-7-15-11-14-10-13(14)9-12-5-3-2-4-6-12/h2-6,13-15H,7-11H2,1H3. The van der Waals surface area contributed by atoms with Crippen LogP contribution in [0.25, 0.3) is 0 Å². The van der Waals surface area contributed by atoms with Crippen LogP contribution in [-0.2, 0) is 11.2 Å². The average Bonchev–Trinajstić information content (AvgIpc) is 3.04. The van der Waals surface area contributed by atoms with Crippen molar-refractivity contribution in [2.75, 3.05) is 26.8 Å². The molecule has 1 aromatic carbocycles. The predicted molar refractivity (Wildman–Crippen MR) is 66.5 cm³/mol. The molecule has 0 aliphatic heterocycles. The maximum absolute atomic E-state index is 5.00. The maximum Gasteiger partial charge on any atom is 0.0587 e. The lowest BCUT2D eigenvalue weighted by molar-refractivity contribution is 0.199. The zero-order valence-corrected chi connectivity index (χ0v) is 9.99. The second-order valence-corrected chi connectivity index (χ2v) is 4.64. The number of benzene rings is 1. The van der Waals surface area contributed by atoms with Gasteiger partial charge in [0.15, 0.2) is 0 Å². The van der Waals surface area contributed by atoms with Gasteiger partial charge in [-0.05, 0) is 36.8 Å². The lowest BCUT2D eigenvalue weighted by Crippen LogP contribution is -2.22. The van der Waals surface area contributed by atoms with Crippen molar-refractivity contribution < 1.29 is 4.74 Å². The maximum atomic E-state index is 5.00. The van der Waals surface area contributed by atoms with Crippen molar-refractivity contribution in [1.29, 1.82) is 0 Å². The van der Waals surface area contributed by atoms with Crippen molar-refractivity contribution in [3.63, 3.8) is 0 Å². The van der Waals surface area contributed by atoms with Gasteiger partial charge in [0.1, 0.15) is 0 Å². The Labute approximate surface area is 98.0 Å². The summed E-state index contributed by atoms with van der Waals surface area (Å²) in [5, 5.41) is 3.44. The monoisotopic (exact) mass is 219 g/mol. The van der Waals surface area contributed by atoms with Crippen molar-refractivity contribution in [3.05, 3.63) is 35.9 Å². The Hall–Kier alpha value is -0.860. The fraction of sp³-hybridized carbons (Fsp3) is 0.571. The summed E-state index contributed by atoms with van der Waals surface area (Å²) < 4.78 is 5.00. The van der Waals surface area contributed by atoms with Crippen LogP contribution < -0.4 is 5.32 Å². The Morgan fingerprint density at radius 2 is 2.06 bits per heavy atom. The molecule has 0 spiro atoms. The largest absolute Gasteiger partial charge is 0.383 e. The molecule has 0 radical (unpaired) electrons. The van der Waals surface area contributed by atoms with Gasteiger partial charge in [0.25, 0.3) is 0 Å². The first-order valence-corrected chi connectivity index (χ1v) is 6.13. The average molecular weight is 219 g/mol. The third-order valence-electron chi connectivity index (χ3n) is 3.30. The molecule has 0 aromatic heterocycles. The van der Waals surface area contributed by atoms with E-state index >= 15 is 0 Å². The highest BCUT2D eigenvalue weighted by atomic mass is 16.5. The van der Waals surface area contributed by atoms with Crippen molar-refractivity contribution >= 4 is 0 Å². The summed E-state index contributed by atoms with van der Waals surface area (Å²) in [6.07, 6.45) is 2.63. The number of nitrogens with one attached hydrogen (secondary N) is 1. The van der Waals surface area contributed by atoms with Crippen LogP contribution in [-0.4, -0.2) is 26.8 Å². The number of hydrogen-bond acceptors (Lipinski definition) is 2. The Balaban J connectivity index is 1.61. The summed E-state index contributed by atoms with van der Waals surface area (Å²) in [4.78, 5) is 0. The molecule has 88 valence electrons. The zero-order chi connectivity index (χ0) is 11.2. The van der Waals surface area contributed by atoms with Gasteiger partial charge in [-0.15, -0.1) is 0 Å². The van der Waals surface area contributed by atoms with Crippen molar-refractivity contribution in [2.24, 2.45) is 11.8 Å². The van der Waals surface area contributed by atoms with E-state index in [0.29, 0.717) is 0 Å². The third kappa shape index (κ3) is 3.62.